The highest BCUT2D eigenvalue weighted by Gasteiger charge is 2.30. The van der Waals surface area contributed by atoms with Gasteiger partial charge in [0.2, 0.25) is 5.91 Å². The number of rotatable bonds is 3. The van der Waals surface area contributed by atoms with Gasteiger partial charge < -0.3 is 10.8 Å². The fraction of sp³-hybridized carbons (Fsp3) is 0.250. The van der Waals surface area contributed by atoms with Crippen molar-refractivity contribution in [2.24, 2.45) is 11.7 Å². The Labute approximate surface area is 117 Å². The summed E-state index contributed by atoms with van der Waals surface area (Å²) >= 11 is 0. The first kappa shape index (κ1) is 12.8. The average Bonchev–Trinajstić information content (AvgIpc) is 2.90. The molecule has 1 heterocycles. The Morgan fingerprint density at radius 3 is 2.75 bits per heavy atom. The first-order valence-electron chi connectivity index (χ1n) is 6.66. The Morgan fingerprint density at radius 1 is 1.25 bits per heavy atom. The lowest BCUT2D eigenvalue weighted by Gasteiger charge is -2.13. The number of pyridine rings is 1. The summed E-state index contributed by atoms with van der Waals surface area (Å²) in [5.74, 6) is -0.755. The second-order valence-electron chi connectivity index (χ2n) is 5.21. The maximum absolute atomic E-state index is 11.1. The topological polar surface area (TPSA) is 76.2 Å². The molecule has 3 N–H and O–H groups in total. The second kappa shape index (κ2) is 5.06. The number of hydrogen-bond donors (Lipinski definition) is 2. The number of primary amides is 1. The molecule has 1 aromatic heterocycles. The molecule has 1 aliphatic carbocycles. The SMILES string of the molecule is NC(=O)C(O)C1Cc2ccc(-c3ccccn3)cc2C1. The zero-order valence-corrected chi connectivity index (χ0v) is 11.0. The molecule has 102 valence electrons. The fourth-order valence-corrected chi connectivity index (χ4v) is 2.80. The van der Waals surface area contributed by atoms with Crippen LogP contribution in [0.1, 0.15) is 11.1 Å². The van der Waals surface area contributed by atoms with Crippen LogP contribution < -0.4 is 5.73 Å². The van der Waals surface area contributed by atoms with Crippen LogP contribution in [-0.2, 0) is 17.6 Å². The molecule has 0 radical (unpaired) electrons. The number of benzene rings is 1. The molecule has 0 fully saturated rings. The quantitative estimate of drug-likeness (QED) is 0.881. The standard InChI is InChI=1S/C16H16N2O2/c17-16(20)15(19)13-7-10-4-5-11(8-12(10)9-13)14-3-1-2-6-18-14/h1-6,8,13,15,19H,7,9H2,(H2,17,20). The molecule has 1 amide bonds. The number of amides is 1. The lowest BCUT2D eigenvalue weighted by atomic mass is 9.99. The van der Waals surface area contributed by atoms with Crippen molar-refractivity contribution in [3.05, 3.63) is 53.7 Å². The van der Waals surface area contributed by atoms with Crippen LogP contribution in [0.2, 0.25) is 0 Å². The molecule has 4 nitrogen and oxygen atoms in total. The van der Waals surface area contributed by atoms with Gasteiger partial charge in [0.25, 0.3) is 0 Å². The monoisotopic (exact) mass is 268 g/mol. The summed E-state index contributed by atoms with van der Waals surface area (Å²) in [5, 5.41) is 9.80. The minimum Gasteiger partial charge on any atom is -0.383 e. The van der Waals surface area contributed by atoms with E-state index in [0.717, 1.165) is 11.3 Å². The van der Waals surface area contributed by atoms with Crippen LogP contribution in [0.15, 0.2) is 42.6 Å². The Hall–Kier alpha value is -2.20. The summed E-state index contributed by atoms with van der Waals surface area (Å²) < 4.78 is 0. The summed E-state index contributed by atoms with van der Waals surface area (Å²) in [4.78, 5) is 15.4. The van der Waals surface area contributed by atoms with E-state index < -0.39 is 12.0 Å². The number of nitrogens with two attached hydrogens (primary N) is 1. The van der Waals surface area contributed by atoms with Gasteiger partial charge in [-0.15, -0.1) is 0 Å². The van der Waals surface area contributed by atoms with Crippen molar-refractivity contribution in [3.8, 4) is 11.3 Å². The van der Waals surface area contributed by atoms with Gasteiger partial charge in [-0.1, -0.05) is 18.2 Å². The van der Waals surface area contributed by atoms with E-state index in [2.05, 4.69) is 11.1 Å². The number of aliphatic hydroxyl groups excluding tert-OH is 1. The minimum absolute atomic E-state index is 0.110. The third-order valence-electron chi connectivity index (χ3n) is 3.87. The van der Waals surface area contributed by atoms with Crippen LogP contribution in [0.3, 0.4) is 0 Å². The van der Waals surface area contributed by atoms with Crippen molar-refractivity contribution < 1.29 is 9.90 Å². The normalized spacial score (nSPS) is 18.6. The van der Waals surface area contributed by atoms with Crippen LogP contribution in [-0.4, -0.2) is 22.1 Å². The Bertz CT molecular complexity index is 640. The highest BCUT2D eigenvalue weighted by molar-refractivity contribution is 5.79. The average molecular weight is 268 g/mol. The molecule has 2 aromatic rings. The second-order valence-corrected chi connectivity index (χ2v) is 5.21. The zero-order chi connectivity index (χ0) is 14.1. The van der Waals surface area contributed by atoms with E-state index in [1.165, 1.54) is 11.1 Å². The summed E-state index contributed by atoms with van der Waals surface area (Å²) in [6.45, 7) is 0. The van der Waals surface area contributed by atoms with Crippen molar-refractivity contribution >= 4 is 5.91 Å². The predicted molar refractivity (Wildman–Crippen MR) is 75.8 cm³/mol. The molecule has 0 bridgehead atoms. The van der Waals surface area contributed by atoms with Gasteiger partial charge in [-0.3, -0.25) is 9.78 Å². The summed E-state index contributed by atoms with van der Waals surface area (Å²) in [5.41, 5.74) is 9.49. The Balaban J connectivity index is 1.87. The molecule has 1 aromatic carbocycles. The summed E-state index contributed by atoms with van der Waals surface area (Å²) in [6.07, 6.45) is 2.07. The Kier molecular flexibility index (Phi) is 3.24. The third kappa shape index (κ3) is 2.30. The van der Waals surface area contributed by atoms with Crippen molar-refractivity contribution in [3.63, 3.8) is 0 Å². The maximum atomic E-state index is 11.1. The van der Waals surface area contributed by atoms with Crippen molar-refractivity contribution in [1.82, 2.24) is 4.98 Å². The van der Waals surface area contributed by atoms with Gasteiger partial charge in [-0.25, -0.2) is 0 Å². The fourth-order valence-electron chi connectivity index (χ4n) is 2.80. The van der Waals surface area contributed by atoms with Gasteiger partial charge in [-0.2, -0.15) is 0 Å². The first-order valence-corrected chi connectivity index (χ1v) is 6.66. The molecule has 3 rings (SSSR count). The molecule has 0 saturated heterocycles. The number of carbonyl (C=O) groups excluding carboxylic acids is 1. The predicted octanol–water partition coefficient (Wildman–Crippen LogP) is 1.31. The maximum Gasteiger partial charge on any atom is 0.246 e. The van der Waals surface area contributed by atoms with Gasteiger partial charge in [0.15, 0.2) is 0 Å². The van der Waals surface area contributed by atoms with E-state index in [1.54, 1.807) is 6.20 Å². The van der Waals surface area contributed by atoms with E-state index in [9.17, 15) is 9.90 Å². The van der Waals surface area contributed by atoms with Gasteiger partial charge in [0.1, 0.15) is 6.10 Å². The molecule has 1 aliphatic rings. The molecule has 4 heteroatoms. The molecule has 20 heavy (non-hydrogen) atoms. The minimum atomic E-state index is -1.07. The number of aromatic nitrogens is 1. The highest BCUT2D eigenvalue weighted by Crippen LogP contribution is 2.31. The number of nitrogens with zero attached hydrogens (tertiary/aromatic N) is 1. The number of fused-ring (bicyclic) bond motifs is 1. The molecule has 2 atom stereocenters. The highest BCUT2D eigenvalue weighted by atomic mass is 16.3. The van der Waals surface area contributed by atoms with Gasteiger partial charge in [0.05, 0.1) is 5.69 Å². The lowest BCUT2D eigenvalue weighted by molar-refractivity contribution is -0.128. The van der Waals surface area contributed by atoms with Crippen LogP contribution >= 0.6 is 0 Å². The van der Waals surface area contributed by atoms with E-state index in [-0.39, 0.29) is 5.92 Å². The largest absolute Gasteiger partial charge is 0.383 e. The van der Waals surface area contributed by atoms with E-state index >= 15 is 0 Å². The Morgan fingerprint density at radius 2 is 2.05 bits per heavy atom. The van der Waals surface area contributed by atoms with E-state index in [1.807, 2.05) is 30.3 Å². The van der Waals surface area contributed by atoms with Gasteiger partial charge in [0, 0.05) is 17.7 Å². The smallest absolute Gasteiger partial charge is 0.246 e. The first-order chi connectivity index (χ1) is 9.65. The number of carbonyl (C=O) groups is 1. The molecule has 2 unspecified atom stereocenters. The van der Waals surface area contributed by atoms with Crippen molar-refractivity contribution in [1.29, 1.82) is 0 Å². The summed E-state index contributed by atoms with van der Waals surface area (Å²) in [6, 6.07) is 12.0. The van der Waals surface area contributed by atoms with Gasteiger partial charge in [-0.05, 0) is 42.2 Å². The van der Waals surface area contributed by atoms with Gasteiger partial charge >= 0.3 is 0 Å². The molecule has 0 aliphatic heterocycles. The summed E-state index contributed by atoms with van der Waals surface area (Å²) in [7, 11) is 0. The molecule has 0 spiro atoms. The number of aliphatic hydroxyl groups is 1. The van der Waals surface area contributed by atoms with Crippen molar-refractivity contribution in [2.75, 3.05) is 0 Å². The van der Waals surface area contributed by atoms with Crippen molar-refractivity contribution in [2.45, 2.75) is 18.9 Å². The van der Waals surface area contributed by atoms with Crippen LogP contribution in [0, 0.1) is 5.92 Å². The van der Waals surface area contributed by atoms with E-state index in [4.69, 9.17) is 5.73 Å². The van der Waals surface area contributed by atoms with Crippen LogP contribution in [0.5, 0.6) is 0 Å². The number of hydrogen-bond acceptors (Lipinski definition) is 3. The molecular weight excluding hydrogens is 252 g/mol. The van der Waals surface area contributed by atoms with Crippen LogP contribution in [0.4, 0.5) is 0 Å². The third-order valence-corrected chi connectivity index (χ3v) is 3.87. The lowest BCUT2D eigenvalue weighted by Crippen LogP contribution is -2.35. The molecular formula is C16H16N2O2. The zero-order valence-electron chi connectivity index (χ0n) is 11.0. The van der Waals surface area contributed by atoms with Crippen LogP contribution in [0.25, 0.3) is 11.3 Å². The van der Waals surface area contributed by atoms with E-state index in [0.29, 0.717) is 12.8 Å². The molecule has 0 saturated carbocycles.